The van der Waals surface area contributed by atoms with Gasteiger partial charge in [-0.25, -0.2) is 0 Å². The van der Waals surface area contributed by atoms with Gasteiger partial charge < -0.3 is 4.90 Å². The quantitative estimate of drug-likeness (QED) is 0.792. The van der Waals surface area contributed by atoms with Crippen LogP contribution in [-0.4, -0.2) is 10.8 Å². The van der Waals surface area contributed by atoms with E-state index in [1.807, 2.05) is 24.3 Å². The van der Waals surface area contributed by atoms with Gasteiger partial charge in [0.1, 0.15) is 5.54 Å². The first-order valence-electron chi connectivity index (χ1n) is 6.75. The first-order valence-corrected chi connectivity index (χ1v) is 7.66. The summed E-state index contributed by atoms with van der Waals surface area (Å²) in [5.74, 6) is 0.647. The van der Waals surface area contributed by atoms with Crippen molar-refractivity contribution in [2.24, 2.45) is 0 Å². The Bertz CT molecular complexity index is 762. The molecule has 2 aromatic rings. The van der Waals surface area contributed by atoms with Crippen LogP contribution in [0.15, 0.2) is 36.7 Å². The minimum Gasteiger partial charge on any atom is -0.349 e. The lowest BCUT2D eigenvalue weighted by Crippen LogP contribution is -2.30. The van der Waals surface area contributed by atoms with Crippen LogP contribution in [0.4, 0.5) is 5.69 Å². The zero-order valence-electron chi connectivity index (χ0n) is 11.1. The van der Waals surface area contributed by atoms with Crippen molar-refractivity contribution >= 4 is 34.7 Å². The molecule has 5 heteroatoms. The standard InChI is InChI=1S/C16H12Cl2N2O/c17-6-10-3-13(8-19-7-10)20-9-11-1-2-12(18)4-14(11)16(20)5-15(16)21/h1-4,7-8H,5-6,9H2. The van der Waals surface area contributed by atoms with Gasteiger partial charge in [0.15, 0.2) is 5.78 Å². The number of aromatic nitrogens is 1. The zero-order valence-corrected chi connectivity index (χ0v) is 12.7. The van der Waals surface area contributed by atoms with E-state index in [1.165, 1.54) is 0 Å². The van der Waals surface area contributed by atoms with E-state index in [1.54, 1.807) is 12.4 Å². The lowest BCUT2D eigenvalue weighted by atomic mass is 10.0. The van der Waals surface area contributed by atoms with Gasteiger partial charge in [-0.1, -0.05) is 17.7 Å². The number of fused-ring (bicyclic) bond motifs is 2. The Kier molecular flexibility index (Phi) is 2.78. The molecule has 2 aliphatic rings. The lowest BCUT2D eigenvalue weighted by molar-refractivity contribution is -0.111. The highest BCUT2D eigenvalue weighted by Crippen LogP contribution is 2.55. The monoisotopic (exact) mass is 318 g/mol. The molecule has 1 saturated carbocycles. The van der Waals surface area contributed by atoms with E-state index in [9.17, 15) is 4.79 Å². The molecule has 2 heterocycles. The highest BCUT2D eigenvalue weighted by molar-refractivity contribution is 6.30. The first kappa shape index (κ1) is 13.1. The summed E-state index contributed by atoms with van der Waals surface area (Å²) in [6.07, 6.45) is 4.07. The summed E-state index contributed by atoms with van der Waals surface area (Å²) in [5, 5.41) is 0.669. The molecule has 1 spiro atoms. The number of nitrogens with zero attached hydrogens (tertiary/aromatic N) is 2. The second kappa shape index (κ2) is 4.46. The van der Waals surface area contributed by atoms with Crippen LogP contribution in [0.3, 0.4) is 0 Å². The van der Waals surface area contributed by atoms with Crippen molar-refractivity contribution in [2.45, 2.75) is 24.4 Å². The molecule has 1 aliphatic carbocycles. The maximum atomic E-state index is 12.2. The van der Waals surface area contributed by atoms with Gasteiger partial charge >= 0.3 is 0 Å². The molecule has 1 aromatic carbocycles. The minimum atomic E-state index is -0.535. The topological polar surface area (TPSA) is 33.2 Å². The Balaban J connectivity index is 1.83. The van der Waals surface area contributed by atoms with Gasteiger partial charge in [0.25, 0.3) is 0 Å². The summed E-state index contributed by atoms with van der Waals surface area (Å²) in [7, 11) is 0. The first-order chi connectivity index (χ1) is 10.1. The SMILES string of the molecule is O=C1CC12c1cc(Cl)ccc1CN2c1cncc(CCl)c1. The van der Waals surface area contributed by atoms with E-state index in [4.69, 9.17) is 23.2 Å². The number of rotatable bonds is 2. The molecule has 1 atom stereocenters. The number of alkyl halides is 1. The normalized spacial score (nSPS) is 22.8. The molecule has 0 saturated heterocycles. The Morgan fingerprint density at radius 3 is 2.81 bits per heavy atom. The number of hydrogen-bond acceptors (Lipinski definition) is 3. The average Bonchev–Trinajstić information content (AvgIpc) is 3.06. The Morgan fingerprint density at radius 1 is 1.29 bits per heavy atom. The van der Waals surface area contributed by atoms with E-state index >= 15 is 0 Å². The molecule has 0 amide bonds. The molecule has 0 N–H and O–H groups in total. The predicted molar refractivity (Wildman–Crippen MR) is 82.7 cm³/mol. The van der Waals surface area contributed by atoms with Crippen molar-refractivity contribution in [3.8, 4) is 0 Å². The lowest BCUT2D eigenvalue weighted by Gasteiger charge is -2.25. The third kappa shape index (κ3) is 1.81. The number of Topliss-reactive ketones (excluding diaryl/α,β-unsaturated/α-hetero) is 1. The number of benzene rings is 1. The average molecular weight is 319 g/mol. The van der Waals surface area contributed by atoms with Gasteiger partial charge in [0.2, 0.25) is 0 Å². The zero-order chi connectivity index (χ0) is 14.6. The van der Waals surface area contributed by atoms with Crippen molar-refractivity contribution < 1.29 is 4.79 Å². The number of ketones is 1. The van der Waals surface area contributed by atoms with E-state index in [0.29, 0.717) is 23.9 Å². The highest BCUT2D eigenvalue weighted by Gasteiger charge is 2.63. The maximum absolute atomic E-state index is 12.2. The highest BCUT2D eigenvalue weighted by atomic mass is 35.5. The molecule has 0 bridgehead atoms. The molecule has 106 valence electrons. The van der Waals surface area contributed by atoms with Crippen molar-refractivity contribution in [2.75, 3.05) is 4.90 Å². The minimum absolute atomic E-state index is 0.236. The molecular formula is C16H12Cl2N2O. The van der Waals surface area contributed by atoms with Crippen molar-refractivity contribution in [1.82, 2.24) is 4.98 Å². The maximum Gasteiger partial charge on any atom is 0.166 e. The number of carbonyl (C=O) groups is 1. The van der Waals surface area contributed by atoms with Crippen LogP contribution in [0.5, 0.6) is 0 Å². The van der Waals surface area contributed by atoms with Crippen LogP contribution in [0.1, 0.15) is 23.1 Å². The summed E-state index contributed by atoms with van der Waals surface area (Å²) in [6, 6.07) is 7.79. The second-order valence-corrected chi connectivity index (χ2v) is 6.24. The van der Waals surface area contributed by atoms with Gasteiger partial charge in [0, 0.05) is 30.1 Å². The third-order valence-electron chi connectivity index (χ3n) is 4.31. The summed E-state index contributed by atoms with van der Waals surface area (Å²) >= 11 is 12.0. The van der Waals surface area contributed by atoms with Gasteiger partial charge in [0.05, 0.1) is 11.9 Å². The van der Waals surface area contributed by atoms with Crippen LogP contribution in [-0.2, 0) is 22.8 Å². The van der Waals surface area contributed by atoms with E-state index in [0.717, 1.165) is 22.4 Å². The van der Waals surface area contributed by atoms with Crippen LogP contribution in [0, 0.1) is 0 Å². The molecule has 21 heavy (non-hydrogen) atoms. The smallest absolute Gasteiger partial charge is 0.166 e. The summed E-state index contributed by atoms with van der Waals surface area (Å²) in [4.78, 5) is 18.6. The van der Waals surface area contributed by atoms with Crippen LogP contribution < -0.4 is 4.90 Å². The second-order valence-electron chi connectivity index (χ2n) is 5.53. The Hall–Kier alpha value is -1.58. The van der Waals surface area contributed by atoms with Crippen LogP contribution in [0.25, 0.3) is 0 Å². The summed E-state index contributed by atoms with van der Waals surface area (Å²) in [6.45, 7) is 0.700. The predicted octanol–water partition coefficient (Wildman–Crippen LogP) is 3.66. The molecule has 4 rings (SSSR count). The fourth-order valence-electron chi connectivity index (χ4n) is 3.21. The van der Waals surface area contributed by atoms with Crippen LogP contribution in [0.2, 0.25) is 5.02 Å². The van der Waals surface area contributed by atoms with Gasteiger partial charge in [-0.2, -0.15) is 0 Å². The summed E-state index contributed by atoms with van der Waals surface area (Å²) < 4.78 is 0. The molecule has 1 aromatic heterocycles. The van der Waals surface area contributed by atoms with Crippen molar-refractivity contribution in [3.05, 3.63) is 58.4 Å². The van der Waals surface area contributed by atoms with Crippen LogP contribution >= 0.6 is 23.2 Å². The van der Waals surface area contributed by atoms with E-state index in [-0.39, 0.29) is 5.78 Å². The fourth-order valence-corrected chi connectivity index (χ4v) is 3.53. The molecule has 1 aliphatic heterocycles. The Morgan fingerprint density at radius 2 is 2.10 bits per heavy atom. The van der Waals surface area contributed by atoms with Gasteiger partial charge in [-0.15, -0.1) is 11.6 Å². The molecular weight excluding hydrogens is 307 g/mol. The number of hydrogen-bond donors (Lipinski definition) is 0. The molecule has 1 fully saturated rings. The Labute approximate surface area is 132 Å². The van der Waals surface area contributed by atoms with Gasteiger partial charge in [-0.05, 0) is 34.9 Å². The molecule has 1 unspecified atom stereocenters. The van der Waals surface area contributed by atoms with Crippen molar-refractivity contribution in [1.29, 1.82) is 0 Å². The van der Waals surface area contributed by atoms with E-state index in [2.05, 4.69) is 9.88 Å². The largest absolute Gasteiger partial charge is 0.349 e. The number of pyridine rings is 1. The van der Waals surface area contributed by atoms with E-state index < -0.39 is 5.54 Å². The number of halogens is 2. The third-order valence-corrected chi connectivity index (χ3v) is 4.85. The number of carbonyl (C=O) groups excluding carboxylic acids is 1. The molecule has 3 nitrogen and oxygen atoms in total. The van der Waals surface area contributed by atoms with Gasteiger partial charge in [-0.3, -0.25) is 9.78 Å². The molecule has 0 radical (unpaired) electrons. The van der Waals surface area contributed by atoms with Crippen molar-refractivity contribution in [3.63, 3.8) is 0 Å². The number of anilines is 1. The summed E-state index contributed by atoms with van der Waals surface area (Å²) in [5.41, 5.74) is 3.54. The fraction of sp³-hybridized carbons (Fsp3) is 0.250.